The second-order valence-corrected chi connectivity index (χ2v) is 8.21. The van der Waals surface area contributed by atoms with Crippen molar-refractivity contribution in [3.8, 4) is 0 Å². The third-order valence-electron chi connectivity index (χ3n) is 4.76. The maximum absolute atomic E-state index is 12.7. The van der Waals surface area contributed by atoms with Gasteiger partial charge in [0.05, 0.1) is 10.8 Å². The van der Waals surface area contributed by atoms with E-state index in [1.165, 1.54) is 18.7 Å². The molecule has 0 saturated carbocycles. The van der Waals surface area contributed by atoms with Gasteiger partial charge < -0.3 is 5.32 Å². The molecule has 7 heteroatoms. The molecule has 0 aliphatic carbocycles. The summed E-state index contributed by atoms with van der Waals surface area (Å²) in [5.41, 5.74) is 4.06. The van der Waals surface area contributed by atoms with Gasteiger partial charge in [0.2, 0.25) is 5.91 Å². The van der Waals surface area contributed by atoms with Gasteiger partial charge in [0.25, 0.3) is 0 Å². The van der Waals surface area contributed by atoms with Gasteiger partial charge in [0, 0.05) is 16.6 Å². The van der Waals surface area contributed by atoms with Crippen molar-refractivity contribution in [3.05, 3.63) is 65.7 Å². The van der Waals surface area contributed by atoms with Crippen LogP contribution in [0.5, 0.6) is 0 Å². The highest BCUT2D eigenvalue weighted by Gasteiger charge is 2.19. The van der Waals surface area contributed by atoms with E-state index in [4.69, 9.17) is 0 Å². The number of carbonyl (C=O) groups excluding carboxylic acids is 2. The predicted molar refractivity (Wildman–Crippen MR) is 116 cm³/mol. The van der Waals surface area contributed by atoms with Crippen molar-refractivity contribution in [2.24, 2.45) is 0 Å². The average Bonchev–Trinajstić information content (AvgIpc) is 3.10. The quantitative estimate of drug-likeness (QED) is 0.391. The highest BCUT2D eigenvalue weighted by Crippen LogP contribution is 2.28. The topological polar surface area (TPSA) is 76.4 Å². The standard InChI is InChI=1S/C22H20N4O2S/c1-13-11-20-24-25-22(26(20)19-10-5-4-9-18(13)19)29-15(3)21(28)23-17-8-6-7-16(12-17)14(2)27/h4-12,15H,1-3H3,(H,23,28). The van der Waals surface area contributed by atoms with Gasteiger partial charge in [-0.3, -0.25) is 14.0 Å². The number of Topliss-reactive ketones (excluding diaryl/α,β-unsaturated/α-hetero) is 1. The molecule has 0 radical (unpaired) electrons. The van der Waals surface area contributed by atoms with Crippen molar-refractivity contribution in [3.63, 3.8) is 0 Å². The Morgan fingerprint density at radius 3 is 2.66 bits per heavy atom. The normalized spacial score (nSPS) is 12.2. The van der Waals surface area contributed by atoms with Crippen LogP contribution in [0.1, 0.15) is 29.8 Å². The number of rotatable bonds is 5. The Hall–Kier alpha value is -3.19. The summed E-state index contributed by atoms with van der Waals surface area (Å²) < 4.78 is 1.98. The Balaban J connectivity index is 1.60. The van der Waals surface area contributed by atoms with Gasteiger partial charge in [-0.05, 0) is 50.6 Å². The lowest BCUT2D eigenvalue weighted by Gasteiger charge is -2.12. The maximum Gasteiger partial charge on any atom is 0.237 e. The number of amides is 1. The molecule has 2 aromatic heterocycles. The summed E-state index contributed by atoms with van der Waals surface area (Å²) in [4.78, 5) is 24.2. The van der Waals surface area contributed by atoms with Crippen LogP contribution in [-0.2, 0) is 4.79 Å². The molecule has 1 atom stereocenters. The van der Waals surface area contributed by atoms with Gasteiger partial charge in [-0.15, -0.1) is 10.2 Å². The van der Waals surface area contributed by atoms with Crippen LogP contribution in [0.15, 0.2) is 59.8 Å². The number of aromatic nitrogens is 3. The van der Waals surface area contributed by atoms with Gasteiger partial charge >= 0.3 is 0 Å². The number of nitrogens with zero attached hydrogens (tertiary/aromatic N) is 3. The molecule has 2 aromatic carbocycles. The van der Waals surface area contributed by atoms with Crippen LogP contribution in [-0.4, -0.2) is 31.5 Å². The second kappa shape index (κ2) is 7.67. The van der Waals surface area contributed by atoms with Crippen molar-refractivity contribution in [1.82, 2.24) is 14.6 Å². The number of aryl methyl sites for hydroxylation is 1. The van der Waals surface area contributed by atoms with E-state index in [0.717, 1.165) is 22.1 Å². The van der Waals surface area contributed by atoms with E-state index in [2.05, 4.69) is 28.5 Å². The molecule has 29 heavy (non-hydrogen) atoms. The number of ketones is 1. The molecule has 6 nitrogen and oxygen atoms in total. The largest absolute Gasteiger partial charge is 0.325 e. The van der Waals surface area contributed by atoms with E-state index in [-0.39, 0.29) is 11.7 Å². The van der Waals surface area contributed by atoms with Crippen molar-refractivity contribution < 1.29 is 9.59 Å². The summed E-state index contributed by atoms with van der Waals surface area (Å²) in [6.07, 6.45) is 0. The first-order valence-electron chi connectivity index (χ1n) is 9.26. The van der Waals surface area contributed by atoms with Crippen LogP contribution in [0.2, 0.25) is 0 Å². The minimum absolute atomic E-state index is 0.0411. The lowest BCUT2D eigenvalue weighted by Crippen LogP contribution is -2.22. The third kappa shape index (κ3) is 3.73. The van der Waals surface area contributed by atoms with Crippen LogP contribution >= 0.6 is 11.8 Å². The molecular weight excluding hydrogens is 384 g/mol. The first-order valence-corrected chi connectivity index (χ1v) is 10.1. The summed E-state index contributed by atoms with van der Waals surface area (Å²) >= 11 is 1.35. The van der Waals surface area contributed by atoms with Crippen molar-refractivity contribution >= 4 is 45.7 Å². The summed E-state index contributed by atoms with van der Waals surface area (Å²) in [5.74, 6) is -0.204. The highest BCUT2D eigenvalue weighted by molar-refractivity contribution is 8.00. The summed E-state index contributed by atoms with van der Waals surface area (Å²) in [6.45, 7) is 5.38. The van der Waals surface area contributed by atoms with E-state index in [0.29, 0.717) is 16.4 Å². The molecule has 2 heterocycles. The molecule has 0 spiro atoms. The highest BCUT2D eigenvalue weighted by atomic mass is 32.2. The van der Waals surface area contributed by atoms with E-state index < -0.39 is 5.25 Å². The first-order chi connectivity index (χ1) is 13.9. The number of nitrogens with one attached hydrogen (secondary N) is 1. The number of benzene rings is 2. The van der Waals surface area contributed by atoms with E-state index in [1.807, 2.05) is 35.6 Å². The summed E-state index contributed by atoms with van der Waals surface area (Å²) in [7, 11) is 0. The smallest absolute Gasteiger partial charge is 0.237 e. The number of thioether (sulfide) groups is 1. The number of hydrogen-bond donors (Lipinski definition) is 1. The number of pyridine rings is 1. The summed E-state index contributed by atoms with van der Waals surface area (Å²) in [6, 6.07) is 17.0. The fourth-order valence-corrected chi connectivity index (χ4v) is 4.09. The predicted octanol–water partition coefficient (Wildman–Crippen LogP) is 4.51. The van der Waals surface area contributed by atoms with Gasteiger partial charge in [-0.2, -0.15) is 0 Å². The van der Waals surface area contributed by atoms with Gasteiger partial charge in [0.1, 0.15) is 0 Å². The zero-order valence-corrected chi connectivity index (χ0v) is 17.2. The second-order valence-electron chi connectivity index (χ2n) is 6.91. The average molecular weight is 404 g/mol. The van der Waals surface area contributed by atoms with Gasteiger partial charge in [-0.1, -0.05) is 42.1 Å². The molecule has 146 valence electrons. The Morgan fingerprint density at radius 1 is 1.07 bits per heavy atom. The van der Waals surface area contributed by atoms with Gasteiger partial charge in [0.15, 0.2) is 16.6 Å². The van der Waals surface area contributed by atoms with Crippen LogP contribution in [0.25, 0.3) is 16.6 Å². The lowest BCUT2D eigenvalue weighted by atomic mass is 10.1. The molecule has 4 aromatic rings. The SMILES string of the molecule is CC(=O)c1cccc(NC(=O)C(C)Sc2nnc3cc(C)c4ccccc4n23)c1. The Bertz CT molecular complexity index is 1250. The number of carbonyl (C=O) groups is 2. The first kappa shape index (κ1) is 19.1. The molecule has 0 saturated heterocycles. The molecule has 0 aliphatic heterocycles. The minimum atomic E-state index is -0.400. The van der Waals surface area contributed by atoms with E-state index in [1.54, 1.807) is 24.3 Å². The monoisotopic (exact) mass is 404 g/mol. The number of anilines is 1. The zero-order valence-electron chi connectivity index (χ0n) is 16.3. The fraction of sp³-hybridized carbons (Fsp3) is 0.182. The number of hydrogen-bond acceptors (Lipinski definition) is 5. The molecule has 0 fully saturated rings. The molecule has 0 aliphatic rings. The zero-order chi connectivity index (χ0) is 20.5. The fourth-order valence-electron chi connectivity index (χ4n) is 3.22. The molecular formula is C22H20N4O2S. The van der Waals surface area contributed by atoms with Crippen molar-refractivity contribution in [2.45, 2.75) is 31.2 Å². The van der Waals surface area contributed by atoms with Crippen molar-refractivity contribution in [2.75, 3.05) is 5.32 Å². The maximum atomic E-state index is 12.7. The Kier molecular flexibility index (Phi) is 5.07. The number of para-hydroxylation sites is 1. The molecule has 1 N–H and O–H groups in total. The van der Waals surface area contributed by atoms with Gasteiger partial charge in [-0.25, -0.2) is 0 Å². The number of fused-ring (bicyclic) bond motifs is 3. The molecule has 1 amide bonds. The molecule has 1 unspecified atom stereocenters. The van der Waals surface area contributed by atoms with Crippen molar-refractivity contribution in [1.29, 1.82) is 0 Å². The van der Waals surface area contributed by atoms with E-state index in [9.17, 15) is 9.59 Å². The Morgan fingerprint density at radius 2 is 1.86 bits per heavy atom. The Labute approximate surface area is 172 Å². The summed E-state index contributed by atoms with van der Waals surface area (Å²) in [5, 5.41) is 12.8. The third-order valence-corrected chi connectivity index (χ3v) is 5.80. The van der Waals surface area contributed by atoms with E-state index >= 15 is 0 Å². The van der Waals surface area contributed by atoms with Crippen LogP contribution in [0.3, 0.4) is 0 Å². The molecule has 4 rings (SSSR count). The van der Waals surface area contributed by atoms with Crippen LogP contribution in [0.4, 0.5) is 5.69 Å². The lowest BCUT2D eigenvalue weighted by molar-refractivity contribution is -0.115. The van der Waals surface area contributed by atoms with Crippen LogP contribution < -0.4 is 5.32 Å². The molecule has 0 bridgehead atoms. The van der Waals surface area contributed by atoms with Crippen LogP contribution in [0, 0.1) is 6.92 Å². The minimum Gasteiger partial charge on any atom is -0.325 e.